The summed E-state index contributed by atoms with van der Waals surface area (Å²) in [4.78, 5) is 23.0. The van der Waals surface area contributed by atoms with Crippen LogP contribution in [0.15, 0.2) is 18.5 Å². The first-order valence-corrected chi connectivity index (χ1v) is 7.58. The van der Waals surface area contributed by atoms with Crippen LogP contribution >= 0.6 is 0 Å². The molecule has 0 spiro atoms. The molecule has 2 bridgehead atoms. The summed E-state index contributed by atoms with van der Waals surface area (Å²) >= 11 is 0. The molecule has 0 radical (unpaired) electrons. The molecule has 0 aromatic carbocycles. The summed E-state index contributed by atoms with van der Waals surface area (Å²) in [6.45, 7) is 6.35. The molecule has 2 aliphatic rings. The molecule has 2 saturated heterocycles. The molecule has 1 amide bonds. The molecule has 6 heteroatoms. The predicted molar refractivity (Wildman–Crippen MR) is 78.9 cm³/mol. The third kappa shape index (κ3) is 3.15. The Balaban J connectivity index is 1.64. The van der Waals surface area contributed by atoms with Crippen LogP contribution in [0.5, 0.6) is 0 Å². The SMILES string of the molecule is CC(C)CNC(=O)[C@H]1C[C@@H]2CN(c3ncccn3)C[C@H]1O2. The van der Waals surface area contributed by atoms with Crippen molar-refractivity contribution in [1.82, 2.24) is 15.3 Å². The average Bonchev–Trinajstić information content (AvgIpc) is 2.80. The number of aromatic nitrogens is 2. The minimum atomic E-state index is -0.0558. The van der Waals surface area contributed by atoms with Crippen molar-refractivity contribution in [1.29, 1.82) is 0 Å². The van der Waals surface area contributed by atoms with Crippen molar-refractivity contribution in [3.8, 4) is 0 Å². The van der Waals surface area contributed by atoms with E-state index < -0.39 is 0 Å². The molecular weight excluding hydrogens is 268 g/mol. The van der Waals surface area contributed by atoms with Gasteiger partial charge in [0.2, 0.25) is 11.9 Å². The van der Waals surface area contributed by atoms with Gasteiger partial charge in [0.05, 0.1) is 18.1 Å². The Bertz CT molecular complexity index is 494. The van der Waals surface area contributed by atoms with E-state index in [9.17, 15) is 4.79 Å². The third-order valence-electron chi connectivity index (χ3n) is 4.01. The molecule has 1 aromatic heterocycles. The van der Waals surface area contributed by atoms with Crippen molar-refractivity contribution < 1.29 is 9.53 Å². The van der Waals surface area contributed by atoms with Gasteiger partial charge in [0.1, 0.15) is 0 Å². The van der Waals surface area contributed by atoms with Crippen molar-refractivity contribution in [2.45, 2.75) is 32.5 Å². The second kappa shape index (κ2) is 5.97. The van der Waals surface area contributed by atoms with E-state index >= 15 is 0 Å². The summed E-state index contributed by atoms with van der Waals surface area (Å²) < 4.78 is 5.93. The van der Waals surface area contributed by atoms with Crippen molar-refractivity contribution in [2.75, 3.05) is 24.5 Å². The van der Waals surface area contributed by atoms with Crippen LogP contribution in [0.25, 0.3) is 0 Å². The molecule has 2 aliphatic heterocycles. The first kappa shape index (κ1) is 14.3. The summed E-state index contributed by atoms with van der Waals surface area (Å²) in [5.74, 6) is 1.25. The molecular formula is C15H22N4O2. The van der Waals surface area contributed by atoms with Gasteiger partial charge in [0.15, 0.2) is 0 Å². The van der Waals surface area contributed by atoms with Gasteiger partial charge < -0.3 is 15.0 Å². The van der Waals surface area contributed by atoms with Crippen LogP contribution in [-0.2, 0) is 9.53 Å². The number of carbonyl (C=O) groups excluding carboxylic acids is 1. The number of anilines is 1. The van der Waals surface area contributed by atoms with E-state index in [1.54, 1.807) is 18.5 Å². The van der Waals surface area contributed by atoms with Gasteiger partial charge in [-0.25, -0.2) is 9.97 Å². The van der Waals surface area contributed by atoms with E-state index in [1.807, 2.05) is 0 Å². The molecule has 6 nitrogen and oxygen atoms in total. The lowest BCUT2D eigenvalue weighted by molar-refractivity contribution is -0.126. The molecule has 114 valence electrons. The lowest BCUT2D eigenvalue weighted by atomic mass is 9.99. The second-order valence-electron chi connectivity index (χ2n) is 6.23. The largest absolute Gasteiger partial charge is 0.370 e. The highest BCUT2D eigenvalue weighted by Gasteiger charge is 2.45. The number of nitrogens with zero attached hydrogens (tertiary/aromatic N) is 3. The Hall–Kier alpha value is -1.69. The van der Waals surface area contributed by atoms with Crippen LogP contribution < -0.4 is 10.2 Å². The maximum absolute atomic E-state index is 12.3. The standard InChI is InChI=1S/C15H22N4O2/c1-10(2)7-18-14(20)12-6-11-8-19(9-13(12)21-11)15-16-4-3-5-17-15/h3-5,10-13H,6-9H2,1-2H3,(H,18,20)/t11-,12+,13-/m1/s1. The first-order valence-electron chi connectivity index (χ1n) is 7.58. The molecule has 0 saturated carbocycles. The van der Waals surface area contributed by atoms with Crippen LogP contribution in [0.2, 0.25) is 0 Å². The summed E-state index contributed by atoms with van der Waals surface area (Å²) in [6.07, 6.45) is 4.32. The van der Waals surface area contributed by atoms with Gasteiger partial charge in [0, 0.05) is 32.0 Å². The number of carbonyl (C=O) groups is 1. The van der Waals surface area contributed by atoms with E-state index in [0.717, 1.165) is 25.5 Å². The van der Waals surface area contributed by atoms with Crippen LogP contribution in [0.3, 0.4) is 0 Å². The lowest BCUT2D eigenvalue weighted by Crippen LogP contribution is -2.46. The number of amides is 1. The molecule has 2 fully saturated rings. The average molecular weight is 290 g/mol. The quantitative estimate of drug-likeness (QED) is 0.890. The van der Waals surface area contributed by atoms with Gasteiger partial charge in [-0.3, -0.25) is 4.79 Å². The van der Waals surface area contributed by atoms with Crippen LogP contribution in [-0.4, -0.2) is 47.7 Å². The molecule has 1 aromatic rings. The van der Waals surface area contributed by atoms with Gasteiger partial charge in [-0.05, 0) is 18.4 Å². The van der Waals surface area contributed by atoms with E-state index in [1.165, 1.54) is 0 Å². The van der Waals surface area contributed by atoms with Crippen molar-refractivity contribution >= 4 is 11.9 Å². The maximum atomic E-state index is 12.3. The maximum Gasteiger partial charge on any atom is 0.225 e. The monoisotopic (exact) mass is 290 g/mol. The van der Waals surface area contributed by atoms with Crippen LogP contribution in [0, 0.1) is 11.8 Å². The van der Waals surface area contributed by atoms with Crippen LogP contribution in [0.4, 0.5) is 5.95 Å². The number of ether oxygens (including phenoxy) is 1. The number of nitrogens with one attached hydrogen (secondary N) is 1. The van der Waals surface area contributed by atoms with E-state index in [2.05, 4.69) is 34.0 Å². The smallest absolute Gasteiger partial charge is 0.225 e. The topological polar surface area (TPSA) is 67.4 Å². The third-order valence-corrected chi connectivity index (χ3v) is 4.01. The minimum Gasteiger partial charge on any atom is -0.370 e. The Labute approximate surface area is 124 Å². The number of hydrogen-bond acceptors (Lipinski definition) is 5. The Morgan fingerprint density at radius 1 is 1.43 bits per heavy atom. The first-order chi connectivity index (χ1) is 10.1. The van der Waals surface area contributed by atoms with Gasteiger partial charge in [-0.2, -0.15) is 0 Å². The lowest BCUT2D eigenvalue weighted by Gasteiger charge is -2.32. The highest BCUT2D eigenvalue weighted by Crippen LogP contribution is 2.33. The predicted octanol–water partition coefficient (Wildman–Crippen LogP) is 0.842. The van der Waals surface area contributed by atoms with E-state index in [4.69, 9.17) is 4.74 Å². The Kier molecular flexibility index (Phi) is 4.05. The number of fused-ring (bicyclic) bond motifs is 2. The van der Waals surface area contributed by atoms with Gasteiger partial charge in [0.25, 0.3) is 0 Å². The molecule has 1 N–H and O–H groups in total. The summed E-state index contributed by atoms with van der Waals surface area (Å²) in [5.41, 5.74) is 0. The second-order valence-corrected chi connectivity index (χ2v) is 6.23. The highest BCUT2D eigenvalue weighted by molar-refractivity contribution is 5.79. The Morgan fingerprint density at radius 3 is 2.90 bits per heavy atom. The van der Waals surface area contributed by atoms with Crippen molar-refractivity contribution in [2.24, 2.45) is 11.8 Å². The van der Waals surface area contributed by atoms with E-state index in [0.29, 0.717) is 12.5 Å². The molecule has 21 heavy (non-hydrogen) atoms. The van der Waals surface area contributed by atoms with Gasteiger partial charge in [-0.15, -0.1) is 0 Å². The summed E-state index contributed by atoms with van der Waals surface area (Å²) in [6, 6.07) is 1.81. The number of morpholine rings is 1. The van der Waals surface area contributed by atoms with Crippen molar-refractivity contribution in [3.63, 3.8) is 0 Å². The van der Waals surface area contributed by atoms with Gasteiger partial charge in [-0.1, -0.05) is 13.8 Å². The Morgan fingerprint density at radius 2 is 2.19 bits per heavy atom. The zero-order valence-corrected chi connectivity index (χ0v) is 12.5. The van der Waals surface area contributed by atoms with Crippen LogP contribution in [0.1, 0.15) is 20.3 Å². The summed E-state index contributed by atoms with van der Waals surface area (Å²) in [7, 11) is 0. The molecule has 3 rings (SSSR count). The van der Waals surface area contributed by atoms with Crippen molar-refractivity contribution in [3.05, 3.63) is 18.5 Å². The number of hydrogen-bond donors (Lipinski definition) is 1. The zero-order valence-electron chi connectivity index (χ0n) is 12.5. The van der Waals surface area contributed by atoms with E-state index in [-0.39, 0.29) is 24.0 Å². The van der Waals surface area contributed by atoms with Gasteiger partial charge >= 0.3 is 0 Å². The fourth-order valence-electron chi connectivity index (χ4n) is 2.99. The number of rotatable bonds is 4. The highest BCUT2D eigenvalue weighted by atomic mass is 16.5. The molecule has 0 aliphatic carbocycles. The zero-order chi connectivity index (χ0) is 14.8. The molecule has 0 unspecified atom stereocenters. The fourth-order valence-corrected chi connectivity index (χ4v) is 2.99. The fraction of sp³-hybridized carbons (Fsp3) is 0.667. The molecule has 3 atom stereocenters. The molecule has 3 heterocycles. The summed E-state index contributed by atoms with van der Waals surface area (Å²) in [5, 5.41) is 3.02. The normalized spacial score (nSPS) is 28.0. The minimum absolute atomic E-state index is 0.0533.